The quantitative estimate of drug-likeness (QED) is 0.278. The van der Waals surface area contributed by atoms with Crippen molar-refractivity contribution < 1.29 is 4.74 Å². The number of ether oxygens (including phenoxy) is 1. The first-order chi connectivity index (χ1) is 10.8. The molecule has 0 saturated carbocycles. The Morgan fingerprint density at radius 1 is 1.17 bits per heavy atom. The first kappa shape index (κ1) is 21.0. The van der Waals surface area contributed by atoms with Crippen molar-refractivity contribution in [3.05, 3.63) is 0 Å². The van der Waals surface area contributed by atoms with Crippen molar-refractivity contribution in [1.82, 2.24) is 15.5 Å². The minimum Gasteiger partial charge on any atom is -0.376 e. The first-order valence-corrected chi connectivity index (χ1v) is 9.06. The maximum absolute atomic E-state index is 5.61. The topological polar surface area (TPSA) is 48.9 Å². The Morgan fingerprint density at radius 3 is 2.61 bits per heavy atom. The molecule has 0 radical (unpaired) electrons. The fraction of sp³-hybridized carbons (Fsp3) is 0.941. The molecule has 2 N–H and O–H groups in total. The van der Waals surface area contributed by atoms with E-state index in [-0.39, 0.29) is 24.0 Å². The minimum absolute atomic E-state index is 0. The Hall–Kier alpha value is -0.0800. The number of unbranched alkanes of at least 4 members (excludes halogenated alkanes) is 1. The van der Waals surface area contributed by atoms with Crippen molar-refractivity contribution >= 4 is 29.9 Å². The van der Waals surface area contributed by atoms with Gasteiger partial charge in [-0.2, -0.15) is 0 Å². The fourth-order valence-electron chi connectivity index (χ4n) is 3.19. The number of hydrogen-bond acceptors (Lipinski definition) is 3. The highest BCUT2D eigenvalue weighted by atomic mass is 127. The maximum Gasteiger partial charge on any atom is 0.191 e. The summed E-state index contributed by atoms with van der Waals surface area (Å²) in [6.45, 7) is 8.97. The van der Waals surface area contributed by atoms with Crippen LogP contribution in [0.15, 0.2) is 4.99 Å². The zero-order valence-corrected chi connectivity index (χ0v) is 17.2. The summed E-state index contributed by atoms with van der Waals surface area (Å²) in [7, 11) is 1.83. The van der Waals surface area contributed by atoms with Gasteiger partial charge in [-0.3, -0.25) is 4.99 Å². The van der Waals surface area contributed by atoms with Gasteiger partial charge in [0.05, 0.1) is 6.10 Å². The van der Waals surface area contributed by atoms with Gasteiger partial charge in [0, 0.05) is 26.7 Å². The monoisotopic (exact) mass is 438 g/mol. The molecule has 5 nitrogen and oxygen atoms in total. The Kier molecular flexibility index (Phi) is 11.2. The summed E-state index contributed by atoms with van der Waals surface area (Å²) in [5.74, 6) is 1.83. The molecular formula is C17H35IN4O. The van der Waals surface area contributed by atoms with E-state index in [2.05, 4.69) is 27.4 Å². The summed E-state index contributed by atoms with van der Waals surface area (Å²) >= 11 is 0. The normalized spacial score (nSPS) is 23.6. The summed E-state index contributed by atoms with van der Waals surface area (Å²) in [4.78, 5) is 6.89. The van der Waals surface area contributed by atoms with E-state index >= 15 is 0 Å². The number of nitrogens with zero attached hydrogens (tertiary/aromatic N) is 2. The van der Waals surface area contributed by atoms with Crippen LogP contribution in [0.25, 0.3) is 0 Å². The number of likely N-dealkylation sites (tertiary alicyclic amines) is 1. The molecule has 23 heavy (non-hydrogen) atoms. The summed E-state index contributed by atoms with van der Waals surface area (Å²) in [6.07, 6.45) is 7.93. The van der Waals surface area contributed by atoms with Crippen molar-refractivity contribution in [2.24, 2.45) is 10.9 Å². The lowest BCUT2D eigenvalue weighted by Gasteiger charge is -2.30. The lowest BCUT2D eigenvalue weighted by molar-refractivity contribution is 0.114. The van der Waals surface area contributed by atoms with E-state index in [1.807, 2.05) is 7.05 Å². The van der Waals surface area contributed by atoms with E-state index in [0.717, 1.165) is 31.6 Å². The number of aliphatic imine (C=N–C) groups is 1. The van der Waals surface area contributed by atoms with E-state index in [1.165, 1.54) is 58.2 Å². The van der Waals surface area contributed by atoms with Gasteiger partial charge in [0.2, 0.25) is 0 Å². The molecule has 6 heteroatoms. The highest BCUT2D eigenvalue weighted by molar-refractivity contribution is 14.0. The molecule has 136 valence electrons. The average Bonchev–Trinajstić information content (AvgIpc) is 3.05. The van der Waals surface area contributed by atoms with Gasteiger partial charge in [-0.15, -0.1) is 24.0 Å². The van der Waals surface area contributed by atoms with Gasteiger partial charge in [-0.1, -0.05) is 6.92 Å². The molecule has 2 rings (SSSR count). The van der Waals surface area contributed by atoms with Crippen LogP contribution in [0, 0.1) is 5.92 Å². The van der Waals surface area contributed by atoms with E-state index in [4.69, 9.17) is 4.74 Å². The second-order valence-electron chi connectivity index (χ2n) is 6.75. The number of hydrogen-bond donors (Lipinski definition) is 2. The molecule has 0 aliphatic carbocycles. The molecule has 1 unspecified atom stereocenters. The van der Waals surface area contributed by atoms with Gasteiger partial charge in [-0.05, 0) is 64.1 Å². The van der Waals surface area contributed by atoms with Gasteiger partial charge in [0.25, 0.3) is 0 Å². The van der Waals surface area contributed by atoms with Crippen LogP contribution < -0.4 is 10.6 Å². The Labute approximate surface area is 159 Å². The predicted molar refractivity (Wildman–Crippen MR) is 108 cm³/mol. The summed E-state index contributed by atoms with van der Waals surface area (Å²) < 4.78 is 5.61. The molecule has 2 aliphatic rings. The van der Waals surface area contributed by atoms with Crippen molar-refractivity contribution in [3.8, 4) is 0 Å². The second-order valence-corrected chi connectivity index (χ2v) is 6.75. The fourth-order valence-corrected chi connectivity index (χ4v) is 3.19. The first-order valence-electron chi connectivity index (χ1n) is 9.06. The molecule has 0 bridgehead atoms. The molecule has 0 aromatic heterocycles. The highest BCUT2D eigenvalue weighted by Crippen LogP contribution is 2.16. The van der Waals surface area contributed by atoms with Gasteiger partial charge < -0.3 is 20.3 Å². The summed E-state index contributed by atoms with van der Waals surface area (Å²) in [5.41, 5.74) is 0. The Bertz CT molecular complexity index is 327. The number of guanidine groups is 1. The van der Waals surface area contributed by atoms with Crippen LogP contribution in [0.4, 0.5) is 0 Å². The number of nitrogens with one attached hydrogen (secondary N) is 2. The zero-order valence-electron chi connectivity index (χ0n) is 14.9. The third-order valence-electron chi connectivity index (χ3n) is 4.81. The third-order valence-corrected chi connectivity index (χ3v) is 4.81. The third kappa shape index (κ3) is 8.54. The molecule has 0 aromatic rings. The van der Waals surface area contributed by atoms with Gasteiger partial charge >= 0.3 is 0 Å². The molecule has 2 heterocycles. The van der Waals surface area contributed by atoms with Crippen molar-refractivity contribution in [2.75, 3.05) is 46.4 Å². The van der Waals surface area contributed by atoms with E-state index in [1.54, 1.807) is 0 Å². The van der Waals surface area contributed by atoms with Gasteiger partial charge in [0.1, 0.15) is 0 Å². The minimum atomic E-state index is 0. The van der Waals surface area contributed by atoms with Crippen LogP contribution in [0.1, 0.15) is 45.4 Å². The van der Waals surface area contributed by atoms with Crippen molar-refractivity contribution in [3.63, 3.8) is 0 Å². The standard InChI is InChI=1S/C17H34N4O.HI/c1-15-7-11-21(12-8-15)10-4-3-9-19-17(18-2)20-14-16-6-5-13-22-16;/h15-16H,3-14H2,1-2H3,(H2,18,19,20);1H. The predicted octanol–water partition coefficient (Wildman–Crippen LogP) is 2.46. The maximum atomic E-state index is 5.61. The van der Waals surface area contributed by atoms with Crippen LogP contribution in [0.2, 0.25) is 0 Å². The molecule has 0 amide bonds. The van der Waals surface area contributed by atoms with Gasteiger partial charge in [0.15, 0.2) is 5.96 Å². The lowest BCUT2D eigenvalue weighted by atomic mass is 9.99. The number of halogens is 1. The van der Waals surface area contributed by atoms with Crippen LogP contribution in [0.5, 0.6) is 0 Å². The summed E-state index contributed by atoms with van der Waals surface area (Å²) in [5, 5.41) is 6.76. The number of piperidine rings is 1. The smallest absolute Gasteiger partial charge is 0.191 e. The number of rotatable bonds is 7. The molecular weight excluding hydrogens is 403 g/mol. The van der Waals surface area contributed by atoms with Crippen LogP contribution in [-0.2, 0) is 4.74 Å². The Morgan fingerprint density at radius 2 is 1.96 bits per heavy atom. The van der Waals surface area contributed by atoms with Crippen LogP contribution >= 0.6 is 24.0 Å². The molecule has 0 spiro atoms. The van der Waals surface area contributed by atoms with E-state index in [9.17, 15) is 0 Å². The molecule has 0 aromatic carbocycles. The zero-order chi connectivity index (χ0) is 15.6. The lowest BCUT2D eigenvalue weighted by Crippen LogP contribution is -2.41. The Balaban J connectivity index is 0.00000264. The average molecular weight is 438 g/mol. The SMILES string of the molecule is CN=C(NCCCCN1CCC(C)CC1)NCC1CCCO1.I. The van der Waals surface area contributed by atoms with Crippen LogP contribution in [0.3, 0.4) is 0 Å². The van der Waals surface area contributed by atoms with Crippen LogP contribution in [-0.4, -0.2) is 63.3 Å². The largest absolute Gasteiger partial charge is 0.376 e. The summed E-state index contributed by atoms with van der Waals surface area (Å²) in [6, 6.07) is 0. The highest BCUT2D eigenvalue weighted by Gasteiger charge is 2.16. The molecule has 2 saturated heterocycles. The van der Waals surface area contributed by atoms with E-state index in [0.29, 0.717) is 6.10 Å². The molecule has 1 atom stereocenters. The van der Waals surface area contributed by atoms with Gasteiger partial charge in [-0.25, -0.2) is 0 Å². The molecule has 2 aliphatic heterocycles. The second kappa shape index (κ2) is 12.3. The molecule has 2 fully saturated rings. The van der Waals surface area contributed by atoms with E-state index < -0.39 is 0 Å². The van der Waals surface area contributed by atoms with Crippen molar-refractivity contribution in [1.29, 1.82) is 0 Å². The van der Waals surface area contributed by atoms with Crippen molar-refractivity contribution in [2.45, 2.75) is 51.6 Å².